The zero-order valence-corrected chi connectivity index (χ0v) is 13.0. The van der Waals surface area contributed by atoms with Crippen LogP contribution in [-0.2, 0) is 9.53 Å². The lowest BCUT2D eigenvalue weighted by molar-refractivity contribution is -0.146. The minimum atomic E-state index is -0.768. The van der Waals surface area contributed by atoms with E-state index in [0.29, 0.717) is 22.5 Å². The van der Waals surface area contributed by atoms with Crippen molar-refractivity contribution in [2.75, 3.05) is 13.2 Å². The molecular weight excluding hydrogens is 313 g/mol. The monoisotopic (exact) mass is 331 g/mol. The van der Waals surface area contributed by atoms with Crippen molar-refractivity contribution in [3.8, 4) is 0 Å². The van der Waals surface area contributed by atoms with Gasteiger partial charge in [0.05, 0.1) is 6.61 Å². The van der Waals surface area contributed by atoms with Crippen LogP contribution in [0.5, 0.6) is 0 Å². The Morgan fingerprint density at radius 3 is 2.68 bits per heavy atom. The highest BCUT2D eigenvalue weighted by Gasteiger charge is 2.24. The van der Waals surface area contributed by atoms with Gasteiger partial charge in [0.25, 0.3) is 0 Å². The third-order valence-electron chi connectivity index (χ3n) is 2.53. The van der Waals surface area contributed by atoms with E-state index in [9.17, 15) is 9.18 Å². The smallest absolute Gasteiger partial charge is 0.327 e. The average Bonchev–Trinajstić information content (AvgIpc) is 2.31. The topological polar surface area (TPSA) is 38.3 Å². The molecule has 1 aromatic rings. The SMILES string of the molecule is CCOC(=O)C(NCC(C)C)c1ccc(Br)cc1F. The van der Waals surface area contributed by atoms with Gasteiger partial charge in [-0.1, -0.05) is 35.8 Å². The fourth-order valence-electron chi connectivity index (χ4n) is 1.64. The first-order valence-corrected chi connectivity index (χ1v) is 7.10. The molecule has 1 N–H and O–H groups in total. The fourth-order valence-corrected chi connectivity index (χ4v) is 1.97. The van der Waals surface area contributed by atoms with Crippen molar-refractivity contribution in [3.63, 3.8) is 0 Å². The first-order chi connectivity index (χ1) is 8.95. The third-order valence-corrected chi connectivity index (χ3v) is 3.02. The molecule has 0 spiro atoms. The Morgan fingerprint density at radius 1 is 1.47 bits per heavy atom. The predicted octanol–water partition coefficient (Wildman–Crippen LogP) is 3.44. The zero-order valence-electron chi connectivity index (χ0n) is 11.4. The molecule has 1 atom stereocenters. The molecule has 0 heterocycles. The minimum Gasteiger partial charge on any atom is -0.465 e. The summed E-state index contributed by atoms with van der Waals surface area (Å²) in [6, 6.07) is 3.88. The molecule has 0 amide bonds. The Hall–Kier alpha value is -0.940. The molecule has 0 saturated heterocycles. The Morgan fingerprint density at radius 2 is 2.16 bits per heavy atom. The van der Waals surface area contributed by atoms with Gasteiger partial charge < -0.3 is 10.1 Å². The summed E-state index contributed by atoms with van der Waals surface area (Å²) >= 11 is 3.20. The molecule has 1 rings (SSSR count). The van der Waals surface area contributed by atoms with Gasteiger partial charge in [0, 0.05) is 10.0 Å². The molecule has 1 unspecified atom stereocenters. The van der Waals surface area contributed by atoms with Gasteiger partial charge in [0.2, 0.25) is 0 Å². The molecule has 1 aromatic carbocycles. The summed E-state index contributed by atoms with van der Waals surface area (Å²) < 4.78 is 19.6. The number of rotatable bonds is 6. The lowest BCUT2D eigenvalue weighted by Crippen LogP contribution is -2.33. The summed E-state index contributed by atoms with van der Waals surface area (Å²) in [5.41, 5.74) is 0.308. The van der Waals surface area contributed by atoms with Crippen molar-refractivity contribution in [1.29, 1.82) is 0 Å². The third kappa shape index (κ3) is 4.91. The lowest BCUT2D eigenvalue weighted by Gasteiger charge is -2.19. The van der Waals surface area contributed by atoms with E-state index in [2.05, 4.69) is 21.2 Å². The zero-order chi connectivity index (χ0) is 14.4. The van der Waals surface area contributed by atoms with Gasteiger partial charge in [-0.3, -0.25) is 0 Å². The number of carbonyl (C=O) groups is 1. The highest BCUT2D eigenvalue weighted by atomic mass is 79.9. The Balaban J connectivity index is 2.97. The number of ether oxygens (including phenoxy) is 1. The second-order valence-electron chi connectivity index (χ2n) is 4.65. The van der Waals surface area contributed by atoms with Crippen molar-refractivity contribution in [2.24, 2.45) is 5.92 Å². The van der Waals surface area contributed by atoms with E-state index in [0.717, 1.165) is 0 Å². The molecule has 0 aromatic heterocycles. The standard InChI is InChI=1S/C14H19BrFNO2/c1-4-19-14(18)13(17-8-9(2)3)11-6-5-10(15)7-12(11)16/h5-7,9,13,17H,4,8H2,1-3H3. The van der Waals surface area contributed by atoms with Crippen LogP contribution in [0.4, 0.5) is 4.39 Å². The number of nitrogens with one attached hydrogen (secondary N) is 1. The molecular formula is C14H19BrFNO2. The van der Waals surface area contributed by atoms with Crippen molar-refractivity contribution < 1.29 is 13.9 Å². The largest absolute Gasteiger partial charge is 0.465 e. The fraction of sp³-hybridized carbons (Fsp3) is 0.500. The Labute approximate surface area is 121 Å². The predicted molar refractivity (Wildman–Crippen MR) is 76.3 cm³/mol. The van der Waals surface area contributed by atoms with Crippen LogP contribution in [0.25, 0.3) is 0 Å². The molecule has 0 aliphatic rings. The summed E-state index contributed by atoms with van der Waals surface area (Å²) in [6.07, 6.45) is 0. The molecule has 3 nitrogen and oxygen atoms in total. The van der Waals surface area contributed by atoms with E-state index in [-0.39, 0.29) is 6.61 Å². The average molecular weight is 332 g/mol. The van der Waals surface area contributed by atoms with Crippen LogP contribution in [0, 0.1) is 11.7 Å². The van der Waals surface area contributed by atoms with E-state index in [4.69, 9.17) is 4.74 Å². The highest BCUT2D eigenvalue weighted by Crippen LogP contribution is 2.22. The van der Waals surface area contributed by atoms with Gasteiger partial charge in [0.15, 0.2) is 0 Å². The molecule has 0 aliphatic carbocycles. The second kappa shape index (κ2) is 7.60. The van der Waals surface area contributed by atoms with Crippen LogP contribution in [0.1, 0.15) is 32.4 Å². The molecule has 0 saturated carbocycles. The van der Waals surface area contributed by atoms with Crippen molar-refractivity contribution in [1.82, 2.24) is 5.32 Å². The van der Waals surface area contributed by atoms with Gasteiger partial charge in [-0.25, -0.2) is 9.18 Å². The molecule has 19 heavy (non-hydrogen) atoms. The maximum absolute atomic E-state index is 13.9. The van der Waals surface area contributed by atoms with Crippen molar-refractivity contribution in [3.05, 3.63) is 34.1 Å². The Bertz CT molecular complexity index is 437. The number of halogens is 2. The molecule has 0 aliphatic heterocycles. The summed E-state index contributed by atoms with van der Waals surface area (Å²) in [5, 5.41) is 3.05. The number of hydrogen-bond donors (Lipinski definition) is 1. The first kappa shape index (κ1) is 16.1. The maximum atomic E-state index is 13.9. The van der Waals surface area contributed by atoms with Crippen molar-refractivity contribution >= 4 is 21.9 Å². The summed E-state index contributed by atoms with van der Waals surface area (Å²) in [5.74, 6) is -0.525. The second-order valence-corrected chi connectivity index (χ2v) is 5.57. The van der Waals surface area contributed by atoms with E-state index >= 15 is 0 Å². The van der Waals surface area contributed by atoms with Crippen LogP contribution in [0.15, 0.2) is 22.7 Å². The maximum Gasteiger partial charge on any atom is 0.327 e. The quantitative estimate of drug-likeness (QED) is 0.811. The van der Waals surface area contributed by atoms with Crippen LogP contribution in [0.2, 0.25) is 0 Å². The van der Waals surface area contributed by atoms with Gasteiger partial charge in [0.1, 0.15) is 11.9 Å². The normalized spacial score (nSPS) is 12.5. The van der Waals surface area contributed by atoms with E-state index < -0.39 is 17.8 Å². The van der Waals surface area contributed by atoms with Crippen molar-refractivity contribution in [2.45, 2.75) is 26.8 Å². The van der Waals surface area contributed by atoms with E-state index in [1.54, 1.807) is 19.1 Å². The first-order valence-electron chi connectivity index (χ1n) is 6.30. The number of hydrogen-bond acceptors (Lipinski definition) is 3. The van der Waals surface area contributed by atoms with Gasteiger partial charge in [-0.2, -0.15) is 0 Å². The lowest BCUT2D eigenvalue weighted by atomic mass is 10.1. The molecule has 0 radical (unpaired) electrons. The van der Waals surface area contributed by atoms with Crippen LogP contribution < -0.4 is 5.32 Å². The Kier molecular flexibility index (Phi) is 6.45. The highest BCUT2D eigenvalue weighted by molar-refractivity contribution is 9.10. The number of esters is 1. The van der Waals surface area contributed by atoms with Gasteiger partial charge in [-0.15, -0.1) is 0 Å². The number of carbonyl (C=O) groups excluding carboxylic acids is 1. The molecule has 106 valence electrons. The van der Waals surface area contributed by atoms with Gasteiger partial charge >= 0.3 is 5.97 Å². The van der Waals surface area contributed by atoms with Crippen LogP contribution >= 0.6 is 15.9 Å². The summed E-state index contributed by atoms with van der Waals surface area (Å²) in [4.78, 5) is 11.9. The number of benzene rings is 1. The molecule has 5 heteroatoms. The van der Waals surface area contributed by atoms with E-state index in [1.807, 2.05) is 13.8 Å². The summed E-state index contributed by atoms with van der Waals surface area (Å²) in [7, 11) is 0. The molecule has 0 fully saturated rings. The summed E-state index contributed by atoms with van der Waals surface area (Å²) in [6.45, 7) is 6.66. The van der Waals surface area contributed by atoms with E-state index in [1.165, 1.54) is 6.07 Å². The van der Waals surface area contributed by atoms with Crippen LogP contribution in [0.3, 0.4) is 0 Å². The minimum absolute atomic E-state index is 0.275. The van der Waals surface area contributed by atoms with Crippen LogP contribution in [-0.4, -0.2) is 19.1 Å². The van der Waals surface area contributed by atoms with Gasteiger partial charge in [-0.05, 0) is 31.5 Å². The molecule has 0 bridgehead atoms.